The van der Waals surface area contributed by atoms with E-state index in [1.165, 1.54) is 10.9 Å². The molecule has 9 heteroatoms. The van der Waals surface area contributed by atoms with Crippen molar-refractivity contribution in [1.82, 2.24) is 15.1 Å². The molecule has 0 aliphatic heterocycles. The molecular weight excluding hydrogens is 286 g/mol. The second kappa shape index (κ2) is 7.20. The third-order valence-electron chi connectivity index (χ3n) is 3.44. The molecule has 1 aliphatic carbocycles. The third-order valence-corrected chi connectivity index (χ3v) is 3.44. The molecule has 1 saturated carbocycles. The molecule has 20 heavy (non-hydrogen) atoms. The molecule has 1 amide bonds. The Kier molecular flexibility index (Phi) is 5.90. The number of carbonyl (C=O) groups excluding carboxylic acids is 1. The summed E-state index contributed by atoms with van der Waals surface area (Å²) in [6, 6.07) is 0.114. The van der Waals surface area contributed by atoms with Gasteiger partial charge < -0.3 is 11.1 Å². The lowest BCUT2D eigenvalue weighted by atomic mass is 10.0. The first-order chi connectivity index (χ1) is 9.10. The Hall–Kier alpha value is -1.67. The molecule has 2 unspecified atom stereocenters. The number of nitro groups is 1. The van der Waals surface area contributed by atoms with Crippen LogP contribution in [0.25, 0.3) is 0 Å². The predicted octanol–water partition coefficient (Wildman–Crippen LogP) is 0.457. The second-order valence-corrected chi connectivity index (χ2v) is 4.75. The van der Waals surface area contributed by atoms with Gasteiger partial charge >= 0.3 is 5.69 Å². The molecule has 112 valence electrons. The summed E-state index contributed by atoms with van der Waals surface area (Å²) in [6.07, 6.45) is 5.42. The first kappa shape index (κ1) is 16.4. The van der Waals surface area contributed by atoms with Crippen LogP contribution in [0.15, 0.2) is 12.4 Å². The molecular formula is C11H18ClN5O3. The number of rotatable bonds is 5. The van der Waals surface area contributed by atoms with Crippen LogP contribution in [0.5, 0.6) is 0 Å². The van der Waals surface area contributed by atoms with Gasteiger partial charge in [-0.05, 0) is 25.3 Å². The zero-order valence-corrected chi connectivity index (χ0v) is 11.7. The molecule has 3 N–H and O–H groups in total. The summed E-state index contributed by atoms with van der Waals surface area (Å²) in [7, 11) is 0. The van der Waals surface area contributed by atoms with Gasteiger partial charge in [0.15, 0.2) is 0 Å². The maximum absolute atomic E-state index is 11.8. The summed E-state index contributed by atoms with van der Waals surface area (Å²) >= 11 is 0. The topological polar surface area (TPSA) is 116 Å². The highest BCUT2D eigenvalue weighted by Crippen LogP contribution is 2.24. The first-order valence-electron chi connectivity index (χ1n) is 6.26. The fourth-order valence-electron chi connectivity index (χ4n) is 2.44. The molecule has 1 aromatic rings. The van der Waals surface area contributed by atoms with Crippen LogP contribution in [0.3, 0.4) is 0 Å². The van der Waals surface area contributed by atoms with E-state index in [0.717, 1.165) is 25.5 Å². The van der Waals surface area contributed by atoms with E-state index < -0.39 is 4.92 Å². The monoisotopic (exact) mass is 303 g/mol. The number of carbonyl (C=O) groups is 1. The zero-order chi connectivity index (χ0) is 13.8. The molecule has 0 radical (unpaired) electrons. The lowest BCUT2D eigenvalue weighted by molar-refractivity contribution is -0.385. The lowest BCUT2D eigenvalue weighted by Gasteiger charge is -2.19. The number of nitrogens with zero attached hydrogens (tertiary/aromatic N) is 3. The van der Waals surface area contributed by atoms with Gasteiger partial charge in [0, 0.05) is 6.04 Å². The van der Waals surface area contributed by atoms with Crippen LogP contribution in [0, 0.1) is 16.0 Å². The Morgan fingerprint density at radius 1 is 1.60 bits per heavy atom. The summed E-state index contributed by atoms with van der Waals surface area (Å²) in [5.74, 6) is 0.138. The summed E-state index contributed by atoms with van der Waals surface area (Å²) in [5, 5.41) is 17.2. The Balaban J connectivity index is 0.00000200. The zero-order valence-electron chi connectivity index (χ0n) is 10.9. The molecule has 2 rings (SSSR count). The van der Waals surface area contributed by atoms with Crippen molar-refractivity contribution in [2.24, 2.45) is 11.7 Å². The van der Waals surface area contributed by atoms with E-state index in [4.69, 9.17) is 5.73 Å². The molecule has 0 saturated heterocycles. The fourth-order valence-corrected chi connectivity index (χ4v) is 2.44. The van der Waals surface area contributed by atoms with Crippen LogP contribution >= 0.6 is 12.4 Å². The average molecular weight is 304 g/mol. The van der Waals surface area contributed by atoms with Crippen molar-refractivity contribution in [3.63, 3.8) is 0 Å². The van der Waals surface area contributed by atoms with Crippen molar-refractivity contribution >= 4 is 24.0 Å². The second-order valence-electron chi connectivity index (χ2n) is 4.75. The number of nitrogens with one attached hydrogen (secondary N) is 1. The SMILES string of the molecule is Cl.NCC1CCCC1NC(=O)Cn1cc([N+](=O)[O-])cn1. The van der Waals surface area contributed by atoms with Gasteiger partial charge in [0.1, 0.15) is 18.9 Å². The van der Waals surface area contributed by atoms with Crippen LogP contribution in [0.1, 0.15) is 19.3 Å². The molecule has 0 aromatic carbocycles. The van der Waals surface area contributed by atoms with Crippen molar-refractivity contribution in [1.29, 1.82) is 0 Å². The highest BCUT2D eigenvalue weighted by Gasteiger charge is 2.27. The average Bonchev–Trinajstić information content (AvgIpc) is 2.97. The third kappa shape index (κ3) is 3.91. The fraction of sp³-hybridized carbons (Fsp3) is 0.636. The van der Waals surface area contributed by atoms with Crippen molar-refractivity contribution in [3.05, 3.63) is 22.5 Å². The highest BCUT2D eigenvalue weighted by molar-refractivity contribution is 5.85. The normalized spacial score (nSPS) is 21.2. The Labute approximate surface area is 122 Å². The van der Waals surface area contributed by atoms with E-state index >= 15 is 0 Å². The van der Waals surface area contributed by atoms with Gasteiger partial charge in [0.2, 0.25) is 5.91 Å². The van der Waals surface area contributed by atoms with Gasteiger partial charge in [-0.15, -0.1) is 12.4 Å². The first-order valence-corrected chi connectivity index (χ1v) is 6.26. The maximum atomic E-state index is 11.8. The van der Waals surface area contributed by atoms with E-state index in [1.54, 1.807) is 0 Å². The number of aromatic nitrogens is 2. The van der Waals surface area contributed by atoms with Gasteiger partial charge in [-0.2, -0.15) is 5.10 Å². The Morgan fingerprint density at radius 2 is 2.35 bits per heavy atom. The van der Waals surface area contributed by atoms with Gasteiger partial charge in [-0.3, -0.25) is 19.6 Å². The summed E-state index contributed by atoms with van der Waals surface area (Å²) in [4.78, 5) is 21.8. The summed E-state index contributed by atoms with van der Waals surface area (Å²) < 4.78 is 1.26. The minimum absolute atomic E-state index is 0. The molecule has 0 spiro atoms. The van der Waals surface area contributed by atoms with Crippen molar-refractivity contribution in [3.8, 4) is 0 Å². The van der Waals surface area contributed by atoms with Crippen LogP contribution in [0.2, 0.25) is 0 Å². The van der Waals surface area contributed by atoms with Crippen LogP contribution in [-0.2, 0) is 11.3 Å². The largest absolute Gasteiger partial charge is 0.351 e. The Bertz CT molecular complexity index is 478. The quantitative estimate of drug-likeness (QED) is 0.605. The van der Waals surface area contributed by atoms with Gasteiger partial charge in [0.25, 0.3) is 0 Å². The number of nitrogens with two attached hydrogens (primary N) is 1. The Morgan fingerprint density at radius 3 is 2.95 bits per heavy atom. The van der Waals surface area contributed by atoms with Crippen LogP contribution in [-0.4, -0.2) is 33.2 Å². The van der Waals surface area contributed by atoms with Crippen molar-refractivity contribution in [2.75, 3.05) is 6.54 Å². The number of amides is 1. The van der Waals surface area contributed by atoms with Crippen LogP contribution < -0.4 is 11.1 Å². The van der Waals surface area contributed by atoms with Crippen LogP contribution in [0.4, 0.5) is 5.69 Å². The standard InChI is InChI=1S/C11H17N5O3.ClH/c12-4-8-2-1-3-10(8)14-11(17)7-15-6-9(5-13-15)16(18)19;/h5-6,8,10H,1-4,7,12H2,(H,14,17);1H. The molecule has 1 aliphatic rings. The minimum atomic E-state index is -0.539. The highest BCUT2D eigenvalue weighted by atomic mass is 35.5. The molecule has 1 aromatic heterocycles. The predicted molar refractivity (Wildman–Crippen MR) is 74.5 cm³/mol. The van der Waals surface area contributed by atoms with Gasteiger partial charge in [-0.25, -0.2) is 0 Å². The van der Waals surface area contributed by atoms with E-state index in [-0.39, 0.29) is 36.6 Å². The van der Waals surface area contributed by atoms with Gasteiger partial charge in [-0.1, -0.05) is 6.42 Å². The molecule has 2 atom stereocenters. The van der Waals surface area contributed by atoms with E-state index in [2.05, 4.69) is 10.4 Å². The maximum Gasteiger partial charge on any atom is 0.307 e. The number of hydrogen-bond donors (Lipinski definition) is 2. The lowest BCUT2D eigenvalue weighted by Crippen LogP contribution is -2.41. The van der Waals surface area contributed by atoms with Crippen molar-refractivity contribution < 1.29 is 9.72 Å². The number of halogens is 1. The molecule has 1 heterocycles. The summed E-state index contributed by atoms with van der Waals surface area (Å²) in [6.45, 7) is 0.555. The summed E-state index contributed by atoms with van der Waals surface area (Å²) in [5.41, 5.74) is 5.53. The molecule has 0 bridgehead atoms. The minimum Gasteiger partial charge on any atom is -0.351 e. The molecule has 8 nitrogen and oxygen atoms in total. The van der Waals surface area contributed by atoms with Gasteiger partial charge in [0.05, 0.1) is 4.92 Å². The van der Waals surface area contributed by atoms with Crippen molar-refractivity contribution in [2.45, 2.75) is 31.8 Å². The van der Waals surface area contributed by atoms with E-state index in [9.17, 15) is 14.9 Å². The number of hydrogen-bond acceptors (Lipinski definition) is 5. The van der Waals surface area contributed by atoms with E-state index in [0.29, 0.717) is 12.5 Å². The van der Waals surface area contributed by atoms with E-state index in [1.807, 2.05) is 0 Å². The molecule has 1 fully saturated rings. The smallest absolute Gasteiger partial charge is 0.307 e.